The number of aryl methyl sites for hydroxylation is 1. The van der Waals surface area contributed by atoms with Crippen molar-refractivity contribution in [2.45, 2.75) is 32.4 Å². The van der Waals surface area contributed by atoms with E-state index in [1.54, 1.807) is 0 Å². The predicted octanol–water partition coefficient (Wildman–Crippen LogP) is 1.48. The lowest BCUT2D eigenvalue weighted by atomic mass is 10.2. The molecule has 0 aliphatic carbocycles. The van der Waals surface area contributed by atoms with Gasteiger partial charge in [-0.2, -0.15) is 5.10 Å². The molecule has 6 nitrogen and oxygen atoms in total. The summed E-state index contributed by atoms with van der Waals surface area (Å²) in [5.41, 5.74) is 2.74. The van der Waals surface area contributed by atoms with Crippen molar-refractivity contribution in [1.82, 2.24) is 25.0 Å². The highest BCUT2D eigenvalue weighted by atomic mass is 16.1. The van der Waals surface area contributed by atoms with Gasteiger partial charge in [0, 0.05) is 31.5 Å². The second-order valence-electron chi connectivity index (χ2n) is 6.02. The Balaban J connectivity index is 1.41. The van der Waals surface area contributed by atoms with Crippen LogP contribution in [0, 0.1) is 0 Å². The Kier molecular flexibility index (Phi) is 5.02. The number of hydrogen-bond acceptors (Lipinski definition) is 4. The van der Waals surface area contributed by atoms with Crippen molar-refractivity contribution in [3.8, 4) is 0 Å². The first-order valence-electron chi connectivity index (χ1n) is 8.16. The minimum absolute atomic E-state index is 0.0765. The molecule has 1 aliphatic rings. The van der Waals surface area contributed by atoms with Gasteiger partial charge >= 0.3 is 0 Å². The van der Waals surface area contributed by atoms with Gasteiger partial charge in [-0.3, -0.25) is 19.4 Å². The predicted molar refractivity (Wildman–Crippen MR) is 88.1 cm³/mol. The zero-order chi connectivity index (χ0) is 16.1. The van der Waals surface area contributed by atoms with Crippen LogP contribution < -0.4 is 5.32 Å². The number of likely N-dealkylation sites (N-methyl/N-ethyl adjacent to an activating group) is 1. The molecular weight excluding hydrogens is 290 g/mol. The van der Waals surface area contributed by atoms with Crippen LogP contribution in [0.3, 0.4) is 0 Å². The molecule has 0 saturated carbocycles. The first-order chi connectivity index (χ1) is 11.2. The van der Waals surface area contributed by atoms with Crippen LogP contribution in [0.15, 0.2) is 30.5 Å². The van der Waals surface area contributed by atoms with E-state index in [-0.39, 0.29) is 5.91 Å². The maximum absolute atomic E-state index is 12.2. The van der Waals surface area contributed by atoms with Crippen LogP contribution in [0.1, 0.15) is 34.7 Å². The maximum Gasteiger partial charge on any atom is 0.271 e. The van der Waals surface area contributed by atoms with E-state index in [0.29, 0.717) is 12.2 Å². The summed E-state index contributed by atoms with van der Waals surface area (Å²) in [5.74, 6) is -0.0765. The van der Waals surface area contributed by atoms with Gasteiger partial charge in [-0.1, -0.05) is 6.07 Å². The maximum atomic E-state index is 12.2. The lowest BCUT2D eigenvalue weighted by molar-refractivity contribution is 0.0947. The number of nitrogens with one attached hydrogen (secondary N) is 1. The fourth-order valence-corrected chi connectivity index (χ4v) is 2.78. The lowest BCUT2D eigenvalue weighted by Crippen LogP contribution is -2.30. The van der Waals surface area contributed by atoms with Crippen LogP contribution >= 0.6 is 0 Å². The SMILES string of the molecule is CN1CCn2nc(C(=O)NCCCCc3ccccn3)cc2C1. The lowest BCUT2D eigenvalue weighted by Gasteiger charge is -2.22. The van der Waals surface area contributed by atoms with Crippen LogP contribution in [0.4, 0.5) is 0 Å². The Labute approximate surface area is 136 Å². The van der Waals surface area contributed by atoms with Crippen LogP contribution in [0.5, 0.6) is 0 Å². The summed E-state index contributed by atoms with van der Waals surface area (Å²) in [4.78, 5) is 18.7. The summed E-state index contributed by atoms with van der Waals surface area (Å²) in [5, 5.41) is 7.36. The number of nitrogens with zero attached hydrogens (tertiary/aromatic N) is 4. The van der Waals surface area contributed by atoms with Crippen molar-refractivity contribution in [3.05, 3.63) is 47.5 Å². The largest absolute Gasteiger partial charge is 0.351 e. The molecule has 6 heteroatoms. The molecular formula is C17H23N5O. The standard InChI is InChI=1S/C17H23N5O/c1-21-10-11-22-15(13-21)12-16(20-22)17(23)19-9-5-3-7-14-6-2-4-8-18-14/h2,4,6,8,12H,3,5,7,9-11,13H2,1H3,(H,19,23). The van der Waals surface area contributed by atoms with E-state index in [1.165, 1.54) is 0 Å². The van der Waals surface area contributed by atoms with E-state index in [1.807, 2.05) is 35.1 Å². The minimum Gasteiger partial charge on any atom is -0.351 e. The van der Waals surface area contributed by atoms with Crippen LogP contribution in [-0.2, 0) is 19.5 Å². The van der Waals surface area contributed by atoms with Gasteiger partial charge in [0.25, 0.3) is 5.91 Å². The van der Waals surface area contributed by atoms with E-state index in [9.17, 15) is 4.79 Å². The van der Waals surface area contributed by atoms with Crippen LogP contribution in [0.2, 0.25) is 0 Å². The zero-order valence-corrected chi connectivity index (χ0v) is 13.5. The third kappa shape index (κ3) is 4.16. The molecule has 2 aromatic heterocycles. The average Bonchev–Trinajstić information content (AvgIpc) is 2.98. The fourth-order valence-electron chi connectivity index (χ4n) is 2.78. The summed E-state index contributed by atoms with van der Waals surface area (Å²) >= 11 is 0. The Bertz CT molecular complexity index is 652. The second-order valence-corrected chi connectivity index (χ2v) is 6.02. The molecule has 1 N–H and O–H groups in total. The van der Waals surface area contributed by atoms with Crippen molar-refractivity contribution >= 4 is 5.91 Å². The van der Waals surface area contributed by atoms with Gasteiger partial charge in [0.15, 0.2) is 0 Å². The number of carbonyl (C=O) groups is 1. The quantitative estimate of drug-likeness (QED) is 0.821. The zero-order valence-electron chi connectivity index (χ0n) is 13.5. The van der Waals surface area contributed by atoms with Gasteiger partial charge in [-0.25, -0.2) is 0 Å². The monoisotopic (exact) mass is 313 g/mol. The van der Waals surface area contributed by atoms with E-state index in [4.69, 9.17) is 0 Å². The summed E-state index contributed by atoms with van der Waals surface area (Å²) in [6, 6.07) is 7.86. The van der Waals surface area contributed by atoms with E-state index in [2.05, 4.69) is 27.3 Å². The van der Waals surface area contributed by atoms with Crippen molar-refractivity contribution in [2.75, 3.05) is 20.1 Å². The molecule has 0 fully saturated rings. The molecule has 0 saturated heterocycles. The molecule has 1 aliphatic heterocycles. The van der Waals surface area contributed by atoms with Crippen molar-refractivity contribution in [3.63, 3.8) is 0 Å². The van der Waals surface area contributed by atoms with E-state index < -0.39 is 0 Å². The number of fused-ring (bicyclic) bond motifs is 1. The molecule has 122 valence electrons. The molecule has 3 heterocycles. The Morgan fingerprint density at radius 1 is 1.30 bits per heavy atom. The van der Waals surface area contributed by atoms with E-state index >= 15 is 0 Å². The summed E-state index contributed by atoms with van der Waals surface area (Å²) < 4.78 is 1.94. The molecule has 3 rings (SSSR count). The molecule has 0 spiro atoms. The topological polar surface area (TPSA) is 63.1 Å². The molecule has 0 unspecified atom stereocenters. The van der Waals surface area contributed by atoms with Gasteiger partial charge in [0.05, 0.1) is 12.2 Å². The third-order valence-corrected chi connectivity index (χ3v) is 4.09. The van der Waals surface area contributed by atoms with Crippen molar-refractivity contribution in [1.29, 1.82) is 0 Å². The highest BCUT2D eigenvalue weighted by molar-refractivity contribution is 5.92. The molecule has 2 aromatic rings. The molecule has 23 heavy (non-hydrogen) atoms. The number of carbonyl (C=O) groups excluding carboxylic acids is 1. The minimum atomic E-state index is -0.0765. The number of hydrogen-bond donors (Lipinski definition) is 1. The van der Waals surface area contributed by atoms with Crippen molar-refractivity contribution < 1.29 is 4.79 Å². The van der Waals surface area contributed by atoms with Gasteiger partial charge in [-0.05, 0) is 44.5 Å². The van der Waals surface area contributed by atoms with Crippen molar-refractivity contribution in [2.24, 2.45) is 0 Å². The number of aromatic nitrogens is 3. The highest BCUT2D eigenvalue weighted by Crippen LogP contribution is 2.12. The average molecular weight is 313 g/mol. The van der Waals surface area contributed by atoms with Gasteiger partial charge < -0.3 is 5.32 Å². The number of pyridine rings is 1. The summed E-state index contributed by atoms with van der Waals surface area (Å²) in [7, 11) is 2.08. The molecule has 1 amide bonds. The fraction of sp³-hybridized carbons (Fsp3) is 0.471. The van der Waals surface area contributed by atoms with Crippen LogP contribution in [0.25, 0.3) is 0 Å². The summed E-state index contributed by atoms with van der Waals surface area (Å²) in [6.07, 6.45) is 4.72. The molecule has 0 aromatic carbocycles. The number of amides is 1. The molecule has 0 atom stereocenters. The van der Waals surface area contributed by atoms with Gasteiger partial charge in [0.1, 0.15) is 5.69 Å². The normalized spacial score (nSPS) is 14.5. The van der Waals surface area contributed by atoms with Gasteiger partial charge in [0.2, 0.25) is 0 Å². The third-order valence-electron chi connectivity index (χ3n) is 4.09. The number of unbranched alkanes of at least 4 members (excludes halogenated alkanes) is 1. The summed E-state index contributed by atoms with van der Waals surface area (Å²) in [6.45, 7) is 3.35. The molecule has 0 bridgehead atoms. The smallest absolute Gasteiger partial charge is 0.271 e. The first-order valence-corrected chi connectivity index (χ1v) is 8.16. The Morgan fingerprint density at radius 3 is 3.04 bits per heavy atom. The van der Waals surface area contributed by atoms with Crippen LogP contribution in [-0.4, -0.2) is 45.7 Å². The Morgan fingerprint density at radius 2 is 2.22 bits per heavy atom. The Hall–Kier alpha value is -2.21. The first kappa shape index (κ1) is 15.7. The molecule has 0 radical (unpaired) electrons. The highest BCUT2D eigenvalue weighted by Gasteiger charge is 2.18. The van der Waals surface area contributed by atoms with E-state index in [0.717, 1.165) is 50.3 Å². The number of rotatable bonds is 6. The van der Waals surface area contributed by atoms with Gasteiger partial charge in [-0.15, -0.1) is 0 Å². The second kappa shape index (κ2) is 7.37.